The number of thiazole rings is 1. The minimum absolute atomic E-state index is 0.0784. The molecule has 10 nitrogen and oxygen atoms in total. The molecule has 11 heteroatoms. The molecule has 38 heavy (non-hydrogen) atoms. The molecular formula is C27H26N2O8S. The molecule has 0 radical (unpaired) electrons. The molecule has 1 aliphatic rings. The van der Waals surface area contributed by atoms with Crippen LogP contribution in [0, 0.1) is 13.8 Å². The molecule has 2 N–H and O–H groups in total. The number of esters is 1. The van der Waals surface area contributed by atoms with Gasteiger partial charge < -0.3 is 24.4 Å². The second-order valence-electron chi connectivity index (χ2n) is 8.42. The fourth-order valence-corrected chi connectivity index (χ4v) is 5.25. The molecule has 3 aromatic rings. The number of anilines is 1. The Morgan fingerprint density at radius 2 is 1.79 bits per heavy atom. The summed E-state index contributed by atoms with van der Waals surface area (Å²) in [4.78, 5) is 45.0. The number of methoxy groups -OCH3 is 2. The summed E-state index contributed by atoms with van der Waals surface area (Å²) in [6.45, 7) is 5.21. The molecule has 1 aliphatic heterocycles. The summed E-state index contributed by atoms with van der Waals surface area (Å²) < 4.78 is 15.6. The van der Waals surface area contributed by atoms with E-state index in [1.807, 2.05) is 0 Å². The maximum atomic E-state index is 13.4. The number of Topliss-reactive ketones (excluding diaryl/α,β-unsaturated/α-hetero) is 1. The molecule has 0 aliphatic carbocycles. The van der Waals surface area contributed by atoms with Crippen LogP contribution >= 0.6 is 11.3 Å². The van der Waals surface area contributed by atoms with Crippen molar-refractivity contribution in [3.05, 3.63) is 69.2 Å². The van der Waals surface area contributed by atoms with Crippen molar-refractivity contribution in [1.82, 2.24) is 4.98 Å². The molecule has 1 aromatic heterocycles. The highest BCUT2D eigenvalue weighted by Gasteiger charge is 2.48. The minimum atomic E-state index is -1.13. The van der Waals surface area contributed by atoms with Gasteiger partial charge in [0.15, 0.2) is 16.6 Å². The Hall–Kier alpha value is -4.38. The van der Waals surface area contributed by atoms with E-state index in [0.29, 0.717) is 28.1 Å². The van der Waals surface area contributed by atoms with Crippen molar-refractivity contribution >= 4 is 39.9 Å². The summed E-state index contributed by atoms with van der Waals surface area (Å²) in [5.74, 6) is -2.30. The SMILES string of the molecule is CCOC(=O)c1sc(N2C(=O)C(=O)/C(=C(/O)c3ccc(OC)c(C)c3)[C@@H]2c2ccc(O)c(OC)c2)nc1C. The molecular weight excluding hydrogens is 512 g/mol. The average molecular weight is 539 g/mol. The van der Waals surface area contributed by atoms with Crippen LogP contribution in [-0.2, 0) is 14.3 Å². The summed E-state index contributed by atoms with van der Waals surface area (Å²) >= 11 is 0.905. The highest BCUT2D eigenvalue weighted by molar-refractivity contribution is 7.17. The number of carbonyl (C=O) groups is 3. The Morgan fingerprint density at radius 3 is 2.42 bits per heavy atom. The summed E-state index contributed by atoms with van der Waals surface area (Å²) in [6, 6.07) is 8.08. The third-order valence-electron chi connectivity index (χ3n) is 6.08. The number of phenols is 1. The van der Waals surface area contributed by atoms with Crippen LogP contribution in [0.3, 0.4) is 0 Å². The number of ketones is 1. The molecule has 1 atom stereocenters. The Kier molecular flexibility index (Phi) is 7.40. The lowest BCUT2D eigenvalue weighted by Gasteiger charge is -2.23. The second-order valence-corrected chi connectivity index (χ2v) is 9.39. The van der Waals surface area contributed by atoms with Gasteiger partial charge >= 0.3 is 11.9 Å². The molecule has 198 valence electrons. The predicted molar refractivity (Wildman–Crippen MR) is 140 cm³/mol. The topological polar surface area (TPSA) is 135 Å². The van der Waals surface area contributed by atoms with E-state index in [4.69, 9.17) is 14.2 Å². The highest BCUT2D eigenvalue weighted by Crippen LogP contribution is 2.45. The van der Waals surface area contributed by atoms with Gasteiger partial charge in [-0.2, -0.15) is 0 Å². The zero-order chi connectivity index (χ0) is 27.7. The molecule has 0 spiro atoms. The number of amides is 1. The number of ether oxygens (including phenoxy) is 3. The fourth-order valence-electron chi connectivity index (χ4n) is 4.26. The van der Waals surface area contributed by atoms with Crippen molar-refractivity contribution in [3.8, 4) is 17.2 Å². The number of phenolic OH excluding ortho intramolecular Hbond substituents is 1. The highest BCUT2D eigenvalue weighted by atomic mass is 32.1. The standard InChI is InChI=1S/C27H26N2O8S/c1-6-37-26(34)24-14(3)28-27(38-24)29-21(15-7-9-17(30)19(12-15)36-5)20(23(32)25(29)33)22(31)16-8-10-18(35-4)13(2)11-16/h7-12,21,30-31H,6H2,1-5H3/b22-20+/t21-/m0/s1. The Balaban J connectivity index is 1.95. The van der Waals surface area contributed by atoms with Gasteiger partial charge in [0.25, 0.3) is 5.78 Å². The summed E-state index contributed by atoms with van der Waals surface area (Å²) in [6.07, 6.45) is 0. The van der Waals surface area contributed by atoms with Crippen molar-refractivity contribution in [3.63, 3.8) is 0 Å². The molecule has 0 bridgehead atoms. The number of aromatic nitrogens is 1. The normalized spacial score (nSPS) is 16.6. The molecule has 0 saturated carbocycles. The first-order valence-corrected chi connectivity index (χ1v) is 12.4. The third-order valence-corrected chi connectivity index (χ3v) is 7.22. The van der Waals surface area contributed by atoms with Crippen molar-refractivity contribution in [1.29, 1.82) is 0 Å². The van der Waals surface area contributed by atoms with Gasteiger partial charge in [-0.05, 0) is 62.2 Å². The molecule has 1 fully saturated rings. The Labute approximate surface area is 222 Å². The van der Waals surface area contributed by atoms with Gasteiger partial charge in [-0.3, -0.25) is 14.5 Å². The van der Waals surface area contributed by atoms with E-state index in [0.717, 1.165) is 16.2 Å². The predicted octanol–water partition coefficient (Wildman–Crippen LogP) is 4.29. The van der Waals surface area contributed by atoms with E-state index in [1.165, 1.54) is 32.4 Å². The van der Waals surface area contributed by atoms with Crippen LogP contribution in [0.25, 0.3) is 5.76 Å². The summed E-state index contributed by atoms with van der Waals surface area (Å²) in [5, 5.41) is 21.6. The van der Waals surface area contributed by atoms with Crippen LogP contribution in [0.2, 0.25) is 0 Å². The summed E-state index contributed by atoms with van der Waals surface area (Å²) in [7, 11) is 2.89. The van der Waals surface area contributed by atoms with Crippen LogP contribution < -0.4 is 14.4 Å². The number of hydrogen-bond acceptors (Lipinski definition) is 10. The van der Waals surface area contributed by atoms with Gasteiger partial charge in [-0.25, -0.2) is 9.78 Å². The van der Waals surface area contributed by atoms with Crippen molar-refractivity contribution < 1.29 is 38.8 Å². The number of nitrogens with zero attached hydrogens (tertiary/aromatic N) is 2. The van der Waals surface area contributed by atoms with E-state index in [1.54, 1.807) is 39.0 Å². The molecule has 2 heterocycles. The maximum absolute atomic E-state index is 13.4. The number of carbonyl (C=O) groups excluding carboxylic acids is 3. The summed E-state index contributed by atoms with van der Waals surface area (Å²) in [5.41, 5.74) is 1.54. The monoisotopic (exact) mass is 538 g/mol. The van der Waals surface area contributed by atoms with Crippen LogP contribution in [-0.4, -0.2) is 53.7 Å². The van der Waals surface area contributed by atoms with Crippen molar-refractivity contribution in [2.45, 2.75) is 26.8 Å². The lowest BCUT2D eigenvalue weighted by molar-refractivity contribution is -0.132. The Bertz CT molecular complexity index is 1480. The average Bonchev–Trinajstić information content (AvgIpc) is 3.40. The lowest BCUT2D eigenvalue weighted by Crippen LogP contribution is -2.29. The van der Waals surface area contributed by atoms with E-state index in [2.05, 4.69) is 4.98 Å². The number of aliphatic hydroxyl groups excluding tert-OH is 1. The number of aromatic hydroxyl groups is 1. The van der Waals surface area contributed by atoms with E-state index in [9.17, 15) is 24.6 Å². The van der Waals surface area contributed by atoms with Crippen LogP contribution in [0.5, 0.6) is 17.2 Å². The first-order chi connectivity index (χ1) is 18.1. The van der Waals surface area contributed by atoms with E-state index >= 15 is 0 Å². The van der Waals surface area contributed by atoms with Crippen LogP contribution in [0.1, 0.15) is 45.0 Å². The van der Waals surface area contributed by atoms with Gasteiger partial charge in [-0.1, -0.05) is 17.4 Å². The van der Waals surface area contributed by atoms with Crippen LogP contribution in [0.15, 0.2) is 42.0 Å². The molecule has 1 saturated heterocycles. The smallest absolute Gasteiger partial charge is 0.350 e. The molecule has 1 amide bonds. The van der Waals surface area contributed by atoms with Gasteiger partial charge in [0, 0.05) is 5.56 Å². The Morgan fingerprint density at radius 1 is 1.08 bits per heavy atom. The van der Waals surface area contributed by atoms with Gasteiger partial charge in [-0.15, -0.1) is 0 Å². The third kappa shape index (κ3) is 4.56. The molecule has 2 aromatic carbocycles. The second kappa shape index (κ2) is 10.5. The van der Waals surface area contributed by atoms with Crippen LogP contribution in [0.4, 0.5) is 5.13 Å². The molecule has 4 rings (SSSR count). The lowest BCUT2D eigenvalue weighted by atomic mass is 9.94. The van der Waals surface area contributed by atoms with Gasteiger partial charge in [0.05, 0.1) is 38.1 Å². The number of aryl methyl sites for hydroxylation is 2. The van der Waals surface area contributed by atoms with Crippen molar-refractivity contribution in [2.75, 3.05) is 25.7 Å². The number of hydrogen-bond donors (Lipinski definition) is 2. The zero-order valence-corrected chi connectivity index (χ0v) is 22.2. The zero-order valence-electron chi connectivity index (χ0n) is 21.4. The van der Waals surface area contributed by atoms with Gasteiger partial charge in [0.1, 0.15) is 16.4 Å². The largest absolute Gasteiger partial charge is 0.507 e. The quantitative estimate of drug-likeness (QED) is 0.195. The minimum Gasteiger partial charge on any atom is -0.507 e. The first-order valence-electron chi connectivity index (χ1n) is 11.6. The maximum Gasteiger partial charge on any atom is 0.350 e. The number of aliphatic hydroxyl groups is 1. The van der Waals surface area contributed by atoms with Gasteiger partial charge in [0.2, 0.25) is 0 Å². The van der Waals surface area contributed by atoms with E-state index in [-0.39, 0.29) is 33.7 Å². The first kappa shape index (κ1) is 26.7. The van der Waals surface area contributed by atoms with Crippen molar-refractivity contribution in [2.24, 2.45) is 0 Å². The molecule has 0 unspecified atom stereocenters. The number of rotatable bonds is 7. The fraction of sp³-hybridized carbons (Fsp3) is 0.259. The van der Waals surface area contributed by atoms with E-state index < -0.39 is 29.5 Å². The number of benzene rings is 2.